The maximum absolute atomic E-state index is 5.84. The van der Waals surface area contributed by atoms with E-state index in [9.17, 15) is 0 Å². The molecule has 0 saturated heterocycles. The van der Waals surface area contributed by atoms with Crippen LogP contribution in [0, 0.1) is 5.92 Å². The third-order valence-electron chi connectivity index (χ3n) is 2.44. The maximum Gasteiger partial charge on any atom is 0.240 e. The predicted octanol–water partition coefficient (Wildman–Crippen LogP) is 4.25. The highest BCUT2D eigenvalue weighted by Crippen LogP contribution is 2.27. The third-order valence-corrected chi connectivity index (χ3v) is 2.93. The summed E-state index contributed by atoms with van der Waals surface area (Å²) in [4.78, 5) is 4.28. The quantitative estimate of drug-likeness (QED) is 0.886. The lowest BCUT2D eigenvalue weighted by molar-refractivity contribution is 0.260. The lowest BCUT2D eigenvalue weighted by atomic mass is 10.2. The number of benzene rings is 1. The molecule has 0 radical (unpaired) electrons. The summed E-state index contributed by atoms with van der Waals surface area (Å²) in [6.07, 6.45) is 0. The SMILES string of the molecule is CC(C)COc1nc(Oc2cccc(Br)c2)ccc1N. The highest BCUT2D eigenvalue weighted by Gasteiger charge is 2.07. The van der Waals surface area contributed by atoms with E-state index in [1.165, 1.54) is 0 Å². The smallest absolute Gasteiger partial charge is 0.240 e. The molecule has 0 aliphatic rings. The molecule has 0 unspecified atom stereocenters. The van der Waals surface area contributed by atoms with Gasteiger partial charge in [-0.2, -0.15) is 4.98 Å². The number of nitrogens with two attached hydrogens (primary N) is 1. The fourth-order valence-electron chi connectivity index (χ4n) is 1.50. The van der Waals surface area contributed by atoms with Crippen LogP contribution in [0.2, 0.25) is 0 Å². The van der Waals surface area contributed by atoms with Crippen LogP contribution in [0.4, 0.5) is 5.69 Å². The van der Waals surface area contributed by atoms with Crippen molar-refractivity contribution in [2.75, 3.05) is 12.3 Å². The van der Waals surface area contributed by atoms with Gasteiger partial charge in [0.1, 0.15) is 5.75 Å². The number of rotatable bonds is 5. The van der Waals surface area contributed by atoms with Crippen LogP contribution < -0.4 is 15.2 Å². The van der Waals surface area contributed by atoms with Gasteiger partial charge in [-0.25, -0.2) is 0 Å². The molecule has 5 heteroatoms. The average molecular weight is 337 g/mol. The largest absolute Gasteiger partial charge is 0.476 e. The number of hydrogen-bond acceptors (Lipinski definition) is 4. The van der Waals surface area contributed by atoms with Crippen LogP contribution >= 0.6 is 15.9 Å². The zero-order valence-corrected chi connectivity index (χ0v) is 13.1. The second kappa shape index (κ2) is 6.61. The van der Waals surface area contributed by atoms with Crippen LogP contribution in [0.15, 0.2) is 40.9 Å². The molecule has 106 valence electrons. The minimum Gasteiger partial charge on any atom is -0.476 e. The topological polar surface area (TPSA) is 57.4 Å². The summed E-state index contributed by atoms with van der Waals surface area (Å²) in [7, 11) is 0. The second-order valence-corrected chi connectivity index (χ2v) is 5.72. The summed E-state index contributed by atoms with van der Waals surface area (Å²) < 4.78 is 12.2. The molecule has 20 heavy (non-hydrogen) atoms. The highest BCUT2D eigenvalue weighted by molar-refractivity contribution is 9.10. The lowest BCUT2D eigenvalue weighted by Gasteiger charge is -2.11. The van der Waals surface area contributed by atoms with E-state index < -0.39 is 0 Å². The summed E-state index contributed by atoms with van der Waals surface area (Å²) in [5.41, 5.74) is 6.35. The first-order valence-corrected chi connectivity index (χ1v) is 7.16. The maximum atomic E-state index is 5.84. The van der Waals surface area contributed by atoms with Crippen LogP contribution in [0.3, 0.4) is 0 Å². The first kappa shape index (κ1) is 14.7. The molecule has 0 saturated carbocycles. The molecule has 1 heterocycles. The van der Waals surface area contributed by atoms with E-state index in [0.29, 0.717) is 35.7 Å². The van der Waals surface area contributed by atoms with E-state index in [-0.39, 0.29) is 0 Å². The zero-order valence-electron chi connectivity index (χ0n) is 11.5. The Kier molecular flexibility index (Phi) is 4.84. The number of anilines is 1. The summed E-state index contributed by atoms with van der Waals surface area (Å²) >= 11 is 3.40. The molecule has 0 aliphatic heterocycles. The van der Waals surface area contributed by atoms with Crippen molar-refractivity contribution in [2.24, 2.45) is 5.92 Å². The molecule has 0 amide bonds. The van der Waals surface area contributed by atoms with Crippen LogP contribution in [-0.2, 0) is 0 Å². The van der Waals surface area contributed by atoms with Crippen molar-refractivity contribution >= 4 is 21.6 Å². The van der Waals surface area contributed by atoms with E-state index >= 15 is 0 Å². The van der Waals surface area contributed by atoms with Crippen molar-refractivity contribution in [2.45, 2.75) is 13.8 Å². The molecular formula is C15H17BrN2O2. The molecule has 2 aromatic rings. The number of ether oxygens (including phenoxy) is 2. The minimum atomic E-state index is 0.408. The Balaban J connectivity index is 2.14. The first-order chi connectivity index (χ1) is 9.54. The van der Waals surface area contributed by atoms with E-state index in [2.05, 4.69) is 34.8 Å². The fourth-order valence-corrected chi connectivity index (χ4v) is 1.88. The third kappa shape index (κ3) is 4.13. The van der Waals surface area contributed by atoms with Gasteiger partial charge in [-0.3, -0.25) is 0 Å². The van der Waals surface area contributed by atoms with Crippen molar-refractivity contribution in [3.63, 3.8) is 0 Å². The number of pyridine rings is 1. The number of nitrogens with zero attached hydrogens (tertiary/aromatic N) is 1. The summed E-state index contributed by atoms with van der Waals surface area (Å²) in [6.45, 7) is 4.70. The standard InChI is InChI=1S/C15H17BrN2O2/c1-10(2)9-19-15-13(17)6-7-14(18-15)20-12-5-3-4-11(16)8-12/h3-8,10H,9,17H2,1-2H3. The van der Waals surface area contributed by atoms with Crippen LogP contribution in [0.25, 0.3) is 0 Å². The second-order valence-electron chi connectivity index (χ2n) is 4.81. The number of halogens is 1. The minimum absolute atomic E-state index is 0.408. The number of aromatic nitrogens is 1. The normalized spacial score (nSPS) is 10.6. The monoisotopic (exact) mass is 336 g/mol. The van der Waals surface area contributed by atoms with Gasteiger partial charge in [0.05, 0.1) is 12.3 Å². The molecule has 4 nitrogen and oxygen atoms in total. The first-order valence-electron chi connectivity index (χ1n) is 6.37. The van der Waals surface area contributed by atoms with Crippen LogP contribution in [0.1, 0.15) is 13.8 Å². The number of nitrogen functional groups attached to an aromatic ring is 1. The molecule has 0 fully saturated rings. The van der Waals surface area contributed by atoms with Crippen molar-refractivity contribution in [3.05, 3.63) is 40.9 Å². The molecule has 0 spiro atoms. The van der Waals surface area contributed by atoms with Crippen molar-refractivity contribution < 1.29 is 9.47 Å². The van der Waals surface area contributed by atoms with Gasteiger partial charge in [0.15, 0.2) is 0 Å². The van der Waals surface area contributed by atoms with Crippen molar-refractivity contribution in [1.82, 2.24) is 4.98 Å². The molecule has 2 rings (SSSR count). The van der Waals surface area contributed by atoms with Gasteiger partial charge >= 0.3 is 0 Å². The van der Waals surface area contributed by atoms with Gasteiger partial charge in [-0.1, -0.05) is 35.8 Å². The van der Waals surface area contributed by atoms with Crippen molar-refractivity contribution in [1.29, 1.82) is 0 Å². The molecule has 0 atom stereocenters. The van der Waals surface area contributed by atoms with Crippen molar-refractivity contribution in [3.8, 4) is 17.5 Å². The Bertz CT molecular complexity index is 588. The highest BCUT2D eigenvalue weighted by atomic mass is 79.9. The summed E-state index contributed by atoms with van der Waals surface area (Å²) in [5.74, 6) is 1.97. The van der Waals surface area contributed by atoms with Gasteiger partial charge in [-0.05, 0) is 30.2 Å². The van der Waals surface area contributed by atoms with E-state index in [1.54, 1.807) is 12.1 Å². The Morgan fingerprint density at radius 1 is 1.25 bits per heavy atom. The molecule has 2 N–H and O–H groups in total. The fraction of sp³-hybridized carbons (Fsp3) is 0.267. The summed E-state index contributed by atoms with van der Waals surface area (Å²) in [6, 6.07) is 11.0. The Labute approximate surface area is 127 Å². The molecule has 0 aliphatic carbocycles. The molecular weight excluding hydrogens is 320 g/mol. The Morgan fingerprint density at radius 2 is 2.05 bits per heavy atom. The van der Waals surface area contributed by atoms with E-state index in [1.807, 2.05) is 24.3 Å². The van der Waals surface area contributed by atoms with Gasteiger partial charge in [0.25, 0.3) is 0 Å². The summed E-state index contributed by atoms with van der Waals surface area (Å²) in [5, 5.41) is 0. The molecule has 0 bridgehead atoms. The van der Waals surface area contributed by atoms with E-state index in [0.717, 1.165) is 4.47 Å². The Morgan fingerprint density at radius 3 is 2.75 bits per heavy atom. The van der Waals surface area contributed by atoms with Gasteiger partial charge in [-0.15, -0.1) is 0 Å². The number of hydrogen-bond donors (Lipinski definition) is 1. The van der Waals surface area contributed by atoms with E-state index in [4.69, 9.17) is 15.2 Å². The van der Waals surface area contributed by atoms with Gasteiger partial charge in [0, 0.05) is 10.5 Å². The zero-order chi connectivity index (χ0) is 14.5. The Hall–Kier alpha value is -1.75. The van der Waals surface area contributed by atoms with Gasteiger partial charge in [0.2, 0.25) is 11.8 Å². The van der Waals surface area contributed by atoms with Crippen LogP contribution in [-0.4, -0.2) is 11.6 Å². The van der Waals surface area contributed by atoms with Gasteiger partial charge < -0.3 is 15.2 Å². The average Bonchev–Trinajstić information content (AvgIpc) is 2.39. The van der Waals surface area contributed by atoms with Crippen LogP contribution in [0.5, 0.6) is 17.5 Å². The predicted molar refractivity (Wildman–Crippen MR) is 83.2 cm³/mol. The molecule has 1 aromatic heterocycles. The lowest BCUT2D eigenvalue weighted by Crippen LogP contribution is -2.07. The molecule has 1 aromatic carbocycles.